The molecule has 0 saturated carbocycles. The molecule has 0 saturated heterocycles. The number of aromatic nitrogens is 2. The van der Waals surface area contributed by atoms with Crippen molar-refractivity contribution >= 4 is 27.8 Å². The first kappa shape index (κ1) is 13.4. The van der Waals surface area contributed by atoms with Crippen LogP contribution in [0.1, 0.15) is 23.0 Å². The van der Waals surface area contributed by atoms with Crippen LogP contribution in [-0.4, -0.2) is 22.1 Å². The molecule has 5 heteroatoms. The second kappa shape index (κ2) is 4.77. The first-order chi connectivity index (χ1) is 10.1. The molecule has 0 bridgehead atoms. The Morgan fingerprint density at radius 3 is 2.76 bits per heavy atom. The van der Waals surface area contributed by atoms with Crippen molar-refractivity contribution in [1.82, 2.24) is 9.55 Å². The van der Waals surface area contributed by atoms with E-state index in [0.29, 0.717) is 28.8 Å². The number of para-hydroxylation sites is 1. The van der Waals surface area contributed by atoms with Crippen LogP contribution in [0.25, 0.3) is 21.8 Å². The highest BCUT2D eigenvalue weighted by molar-refractivity contribution is 6.16. The van der Waals surface area contributed by atoms with Crippen molar-refractivity contribution in [2.45, 2.75) is 13.8 Å². The number of hydrogen-bond donors (Lipinski definition) is 1. The summed E-state index contributed by atoms with van der Waals surface area (Å²) in [5, 5.41) is 1.50. The number of H-pyrrole nitrogens is 1. The van der Waals surface area contributed by atoms with E-state index >= 15 is 0 Å². The molecule has 1 N–H and O–H groups in total. The van der Waals surface area contributed by atoms with E-state index in [4.69, 9.17) is 4.74 Å². The third-order valence-electron chi connectivity index (χ3n) is 3.82. The number of hydrogen-bond acceptors (Lipinski definition) is 3. The molecular formula is C16H16N2O3. The summed E-state index contributed by atoms with van der Waals surface area (Å²) >= 11 is 0. The second-order valence-corrected chi connectivity index (χ2v) is 4.97. The van der Waals surface area contributed by atoms with Crippen molar-refractivity contribution in [3.8, 4) is 0 Å². The SMILES string of the molecule is CCOC(=O)c1c(C)n(C)c(=O)c2[nH]c3ccccc3c12. The minimum Gasteiger partial charge on any atom is -0.462 e. The number of esters is 1. The van der Waals surface area contributed by atoms with E-state index in [1.54, 1.807) is 20.9 Å². The molecule has 2 aromatic heterocycles. The molecule has 1 aromatic carbocycles. The van der Waals surface area contributed by atoms with Crippen molar-refractivity contribution in [1.29, 1.82) is 0 Å². The second-order valence-electron chi connectivity index (χ2n) is 4.97. The molecule has 0 spiro atoms. The van der Waals surface area contributed by atoms with Gasteiger partial charge in [-0.05, 0) is 19.9 Å². The maximum absolute atomic E-state index is 12.4. The topological polar surface area (TPSA) is 64.1 Å². The van der Waals surface area contributed by atoms with Gasteiger partial charge in [0.2, 0.25) is 0 Å². The lowest BCUT2D eigenvalue weighted by Gasteiger charge is -2.11. The Morgan fingerprint density at radius 1 is 1.33 bits per heavy atom. The van der Waals surface area contributed by atoms with Gasteiger partial charge >= 0.3 is 5.97 Å². The standard InChI is InChI=1S/C16H16N2O3/c1-4-21-16(20)12-9(2)18(3)15(19)14-13(12)10-7-5-6-8-11(10)17-14/h5-8,17H,4H2,1-3H3. The van der Waals surface area contributed by atoms with Gasteiger partial charge in [-0.15, -0.1) is 0 Å². The van der Waals surface area contributed by atoms with Crippen LogP contribution in [0, 0.1) is 6.92 Å². The lowest BCUT2D eigenvalue weighted by molar-refractivity contribution is 0.0527. The summed E-state index contributed by atoms with van der Waals surface area (Å²) in [5.74, 6) is -0.402. The third kappa shape index (κ3) is 1.85. The average Bonchev–Trinajstić information content (AvgIpc) is 2.85. The summed E-state index contributed by atoms with van der Waals surface area (Å²) in [5.41, 5.74) is 2.18. The number of carbonyl (C=O) groups excluding carboxylic acids is 1. The molecule has 3 aromatic rings. The largest absolute Gasteiger partial charge is 0.462 e. The summed E-state index contributed by atoms with van der Waals surface area (Å²) < 4.78 is 6.64. The van der Waals surface area contributed by atoms with Gasteiger partial charge in [0, 0.05) is 29.0 Å². The Labute approximate surface area is 121 Å². The van der Waals surface area contributed by atoms with E-state index in [1.165, 1.54) is 4.57 Å². The summed E-state index contributed by atoms with van der Waals surface area (Å²) in [6.45, 7) is 3.82. The molecule has 5 nitrogen and oxygen atoms in total. The lowest BCUT2D eigenvalue weighted by atomic mass is 10.1. The molecule has 0 fully saturated rings. The first-order valence-electron chi connectivity index (χ1n) is 6.83. The van der Waals surface area contributed by atoms with E-state index in [2.05, 4.69) is 4.98 Å². The maximum Gasteiger partial charge on any atom is 0.340 e. The van der Waals surface area contributed by atoms with E-state index < -0.39 is 5.97 Å². The van der Waals surface area contributed by atoms with Crippen molar-refractivity contribution in [3.63, 3.8) is 0 Å². The number of pyridine rings is 1. The van der Waals surface area contributed by atoms with Gasteiger partial charge in [0.1, 0.15) is 5.52 Å². The fourth-order valence-electron chi connectivity index (χ4n) is 2.68. The summed E-state index contributed by atoms with van der Waals surface area (Å²) in [6, 6.07) is 7.56. The van der Waals surface area contributed by atoms with Crippen molar-refractivity contribution < 1.29 is 9.53 Å². The molecule has 0 unspecified atom stereocenters. The van der Waals surface area contributed by atoms with Crippen LogP contribution < -0.4 is 5.56 Å². The molecule has 3 rings (SSSR count). The molecule has 0 aliphatic carbocycles. The quantitative estimate of drug-likeness (QED) is 0.735. The van der Waals surface area contributed by atoms with E-state index in [1.807, 2.05) is 24.3 Å². The lowest BCUT2D eigenvalue weighted by Crippen LogP contribution is -2.23. The van der Waals surface area contributed by atoms with Crippen molar-refractivity contribution in [3.05, 3.63) is 45.9 Å². The van der Waals surface area contributed by atoms with Gasteiger partial charge in [-0.25, -0.2) is 4.79 Å². The molecule has 0 atom stereocenters. The fraction of sp³-hybridized carbons (Fsp3) is 0.250. The first-order valence-corrected chi connectivity index (χ1v) is 6.83. The highest BCUT2D eigenvalue weighted by Crippen LogP contribution is 2.28. The Kier molecular flexibility index (Phi) is 3.05. The van der Waals surface area contributed by atoms with Gasteiger partial charge in [0.25, 0.3) is 5.56 Å². The Hall–Kier alpha value is -2.56. The summed E-state index contributed by atoms with van der Waals surface area (Å²) in [6.07, 6.45) is 0. The Bertz CT molecular complexity index is 919. The number of carbonyl (C=O) groups is 1. The summed E-state index contributed by atoms with van der Waals surface area (Å²) in [7, 11) is 1.66. The zero-order valence-electron chi connectivity index (χ0n) is 12.2. The monoisotopic (exact) mass is 284 g/mol. The van der Waals surface area contributed by atoms with E-state index in [9.17, 15) is 9.59 Å². The number of nitrogens with one attached hydrogen (secondary N) is 1. The van der Waals surface area contributed by atoms with Crippen LogP contribution in [0.4, 0.5) is 0 Å². The van der Waals surface area contributed by atoms with Gasteiger partial charge in [-0.1, -0.05) is 18.2 Å². The van der Waals surface area contributed by atoms with Crippen molar-refractivity contribution in [2.24, 2.45) is 7.05 Å². The van der Waals surface area contributed by atoms with Crippen LogP contribution in [0.5, 0.6) is 0 Å². The molecule has 0 radical (unpaired) electrons. The van der Waals surface area contributed by atoms with Gasteiger partial charge in [0.05, 0.1) is 12.2 Å². The zero-order valence-corrected chi connectivity index (χ0v) is 12.2. The maximum atomic E-state index is 12.4. The number of ether oxygens (including phenoxy) is 1. The van der Waals surface area contributed by atoms with Crippen LogP contribution >= 0.6 is 0 Å². The van der Waals surface area contributed by atoms with Crippen LogP contribution in [0.3, 0.4) is 0 Å². The normalized spacial score (nSPS) is 11.2. The van der Waals surface area contributed by atoms with E-state index in [-0.39, 0.29) is 5.56 Å². The van der Waals surface area contributed by atoms with Gasteiger partial charge < -0.3 is 14.3 Å². The third-order valence-corrected chi connectivity index (χ3v) is 3.82. The molecular weight excluding hydrogens is 268 g/mol. The van der Waals surface area contributed by atoms with Gasteiger partial charge in [-0.3, -0.25) is 4.79 Å². The summed E-state index contributed by atoms with van der Waals surface area (Å²) in [4.78, 5) is 27.9. The molecule has 21 heavy (non-hydrogen) atoms. The van der Waals surface area contributed by atoms with Crippen LogP contribution in [-0.2, 0) is 11.8 Å². The zero-order chi connectivity index (χ0) is 15.1. The number of fused-ring (bicyclic) bond motifs is 3. The average molecular weight is 284 g/mol. The molecule has 0 amide bonds. The molecule has 108 valence electrons. The van der Waals surface area contributed by atoms with E-state index in [0.717, 1.165) is 10.9 Å². The number of nitrogens with zero attached hydrogens (tertiary/aromatic N) is 1. The number of benzene rings is 1. The van der Waals surface area contributed by atoms with Crippen LogP contribution in [0.2, 0.25) is 0 Å². The minimum absolute atomic E-state index is 0.147. The fourth-order valence-corrected chi connectivity index (χ4v) is 2.68. The smallest absolute Gasteiger partial charge is 0.340 e. The van der Waals surface area contributed by atoms with Gasteiger partial charge in [-0.2, -0.15) is 0 Å². The predicted octanol–water partition coefficient (Wildman–Crippen LogP) is 2.50. The predicted molar refractivity (Wildman–Crippen MR) is 81.7 cm³/mol. The Morgan fingerprint density at radius 2 is 2.05 bits per heavy atom. The molecule has 0 aliphatic rings. The highest BCUT2D eigenvalue weighted by atomic mass is 16.5. The van der Waals surface area contributed by atoms with Crippen molar-refractivity contribution in [2.75, 3.05) is 6.61 Å². The number of rotatable bonds is 2. The number of aromatic amines is 1. The molecule has 0 aliphatic heterocycles. The highest BCUT2D eigenvalue weighted by Gasteiger charge is 2.22. The Balaban J connectivity index is 2.55. The molecule has 2 heterocycles. The van der Waals surface area contributed by atoms with Gasteiger partial charge in [0.15, 0.2) is 0 Å². The minimum atomic E-state index is -0.402. The van der Waals surface area contributed by atoms with Crippen LogP contribution in [0.15, 0.2) is 29.1 Å².